The average molecular weight is 473 g/mol. The van der Waals surface area contributed by atoms with Gasteiger partial charge in [-0.2, -0.15) is 0 Å². The molecule has 0 bridgehead atoms. The third-order valence-corrected chi connectivity index (χ3v) is 6.18. The Bertz CT molecular complexity index is 1090. The number of carbonyl (C=O) groups excluding carboxylic acids is 2. The van der Waals surface area contributed by atoms with E-state index >= 15 is 0 Å². The number of hydrogen-bond donors (Lipinski definition) is 2. The van der Waals surface area contributed by atoms with E-state index < -0.39 is 6.04 Å². The summed E-state index contributed by atoms with van der Waals surface area (Å²) in [4.78, 5) is 29.1. The van der Waals surface area contributed by atoms with E-state index in [0.29, 0.717) is 34.0 Å². The van der Waals surface area contributed by atoms with Crippen LogP contribution >= 0.6 is 23.1 Å². The van der Waals surface area contributed by atoms with E-state index in [1.807, 2.05) is 23.8 Å². The molecule has 168 valence electrons. The molecule has 0 aliphatic heterocycles. The van der Waals surface area contributed by atoms with Crippen LogP contribution in [0.15, 0.2) is 47.5 Å². The van der Waals surface area contributed by atoms with E-state index in [1.165, 1.54) is 23.1 Å². The Morgan fingerprint density at radius 3 is 2.69 bits per heavy atom. The van der Waals surface area contributed by atoms with Crippen molar-refractivity contribution >= 4 is 40.0 Å². The first-order valence-corrected chi connectivity index (χ1v) is 11.6. The van der Waals surface area contributed by atoms with Gasteiger partial charge in [0, 0.05) is 17.5 Å². The van der Waals surface area contributed by atoms with Crippen LogP contribution in [-0.4, -0.2) is 44.4 Å². The van der Waals surface area contributed by atoms with Crippen LogP contribution in [0.25, 0.3) is 0 Å². The zero-order valence-corrected chi connectivity index (χ0v) is 19.6. The molecule has 0 spiro atoms. The Kier molecular flexibility index (Phi) is 8.01. The molecule has 1 atom stereocenters. The Labute approximate surface area is 194 Å². The van der Waals surface area contributed by atoms with Gasteiger partial charge in [-0.25, -0.2) is 4.98 Å². The van der Waals surface area contributed by atoms with Crippen molar-refractivity contribution in [3.8, 4) is 5.75 Å². The number of aryl methyl sites for hydroxylation is 1. The minimum atomic E-state index is -0.404. The molecule has 2 aromatic heterocycles. The molecule has 3 aromatic rings. The van der Waals surface area contributed by atoms with Crippen molar-refractivity contribution in [2.45, 2.75) is 31.6 Å². The molecule has 2 N–H and O–H groups in total. The predicted octanol–water partition coefficient (Wildman–Crippen LogP) is 3.46. The fourth-order valence-electron chi connectivity index (χ4n) is 2.81. The smallest absolute Gasteiger partial charge is 0.251 e. The number of benzene rings is 1. The number of aromatic nitrogens is 4. The second-order valence-electron chi connectivity index (χ2n) is 6.79. The van der Waals surface area contributed by atoms with Crippen molar-refractivity contribution in [2.75, 3.05) is 18.2 Å². The summed E-state index contributed by atoms with van der Waals surface area (Å²) < 4.78 is 6.95. The summed E-state index contributed by atoms with van der Waals surface area (Å²) in [5.74, 6) is 0.988. The number of amides is 2. The molecule has 1 aromatic carbocycles. The second-order valence-corrected chi connectivity index (χ2v) is 8.60. The lowest BCUT2D eigenvalue weighted by atomic mass is 10.2. The molecule has 9 nitrogen and oxygen atoms in total. The largest absolute Gasteiger partial charge is 0.497 e. The maximum Gasteiger partial charge on any atom is 0.251 e. The molecule has 2 amide bonds. The van der Waals surface area contributed by atoms with E-state index in [0.717, 1.165) is 5.69 Å². The zero-order valence-electron chi connectivity index (χ0n) is 18.0. The van der Waals surface area contributed by atoms with Crippen molar-refractivity contribution in [3.05, 3.63) is 59.4 Å². The summed E-state index contributed by atoms with van der Waals surface area (Å²) in [5.41, 5.74) is 1.37. The van der Waals surface area contributed by atoms with E-state index in [4.69, 9.17) is 4.74 Å². The molecule has 32 heavy (non-hydrogen) atoms. The number of ether oxygens (including phenoxy) is 1. The van der Waals surface area contributed by atoms with Crippen LogP contribution in [0.3, 0.4) is 0 Å². The number of methoxy groups -OCH3 is 1. The highest BCUT2D eigenvalue weighted by molar-refractivity contribution is 7.99. The second kappa shape index (κ2) is 10.9. The normalized spacial score (nSPS) is 11.6. The van der Waals surface area contributed by atoms with Crippen molar-refractivity contribution in [3.63, 3.8) is 0 Å². The van der Waals surface area contributed by atoms with Gasteiger partial charge in [-0.3, -0.25) is 9.59 Å². The number of rotatable bonds is 10. The van der Waals surface area contributed by atoms with E-state index in [9.17, 15) is 9.59 Å². The van der Waals surface area contributed by atoms with Crippen LogP contribution in [0.1, 0.15) is 34.8 Å². The molecule has 2 heterocycles. The van der Waals surface area contributed by atoms with Crippen molar-refractivity contribution in [1.82, 2.24) is 25.1 Å². The van der Waals surface area contributed by atoms with Gasteiger partial charge in [0.15, 0.2) is 16.1 Å². The number of thiazole rings is 1. The van der Waals surface area contributed by atoms with Crippen LogP contribution in [0.5, 0.6) is 5.75 Å². The number of allylic oxidation sites excluding steroid dienone is 1. The number of hydrogen-bond acceptors (Lipinski definition) is 8. The van der Waals surface area contributed by atoms with Gasteiger partial charge in [0.25, 0.3) is 5.91 Å². The summed E-state index contributed by atoms with van der Waals surface area (Å²) in [6.45, 7) is 7.93. The number of anilines is 1. The number of nitrogens with one attached hydrogen (secondary N) is 2. The Balaban J connectivity index is 1.65. The molecule has 0 saturated heterocycles. The molecule has 0 radical (unpaired) electrons. The Hall–Kier alpha value is -3.18. The summed E-state index contributed by atoms with van der Waals surface area (Å²) in [6.07, 6.45) is 1.72. The zero-order chi connectivity index (χ0) is 23.1. The van der Waals surface area contributed by atoms with Crippen molar-refractivity contribution in [2.24, 2.45) is 0 Å². The number of nitrogens with zero attached hydrogens (tertiary/aromatic N) is 4. The lowest BCUT2D eigenvalue weighted by Gasteiger charge is -2.15. The average Bonchev–Trinajstić information content (AvgIpc) is 3.38. The van der Waals surface area contributed by atoms with E-state index in [1.54, 1.807) is 37.5 Å². The standard InChI is InChI=1S/C21H24N6O3S2/c1-5-10-27-18(14(3)23-19(29)15-6-8-16(30-4)9-7-15)25-26-21(27)32-12-17(28)24-20-22-13(2)11-31-20/h5-9,11,14H,1,10,12H2,2-4H3,(H,23,29)(H,22,24,28)/t14-/m0/s1. The van der Waals surface area contributed by atoms with Gasteiger partial charge in [-0.05, 0) is 38.1 Å². The maximum atomic E-state index is 12.6. The van der Waals surface area contributed by atoms with Gasteiger partial charge < -0.3 is 19.9 Å². The number of carbonyl (C=O) groups is 2. The van der Waals surface area contributed by atoms with Crippen LogP contribution in [0, 0.1) is 6.92 Å². The van der Waals surface area contributed by atoms with Gasteiger partial charge in [0.05, 0.1) is 24.6 Å². The van der Waals surface area contributed by atoms with Crippen LogP contribution < -0.4 is 15.4 Å². The lowest BCUT2D eigenvalue weighted by molar-refractivity contribution is -0.113. The molecule has 0 fully saturated rings. The van der Waals surface area contributed by atoms with Crippen molar-refractivity contribution in [1.29, 1.82) is 0 Å². The lowest BCUT2D eigenvalue weighted by Crippen LogP contribution is -2.28. The molecular weight excluding hydrogens is 448 g/mol. The summed E-state index contributed by atoms with van der Waals surface area (Å²) in [6, 6.07) is 6.44. The SMILES string of the molecule is C=CCn1c(SCC(=O)Nc2nc(C)cs2)nnc1[C@H](C)NC(=O)c1ccc(OC)cc1. The van der Waals surface area contributed by atoms with Gasteiger partial charge in [-0.15, -0.1) is 28.1 Å². The van der Waals surface area contributed by atoms with Gasteiger partial charge in [0.2, 0.25) is 5.91 Å². The highest BCUT2D eigenvalue weighted by Crippen LogP contribution is 2.22. The number of thioether (sulfide) groups is 1. The monoisotopic (exact) mass is 472 g/mol. The summed E-state index contributed by atoms with van der Waals surface area (Å²) >= 11 is 2.64. The predicted molar refractivity (Wildman–Crippen MR) is 125 cm³/mol. The van der Waals surface area contributed by atoms with Crippen LogP contribution in [-0.2, 0) is 11.3 Å². The highest BCUT2D eigenvalue weighted by atomic mass is 32.2. The first-order chi connectivity index (χ1) is 15.4. The quantitative estimate of drug-likeness (QED) is 0.343. The van der Waals surface area contributed by atoms with Gasteiger partial charge in [-0.1, -0.05) is 17.8 Å². The minimum absolute atomic E-state index is 0.153. The first kappa shape index (κ1) is 23.5. The van der Waals surface area contributed by atoms with Crippen molar-refractivity contribution < 1.29 is 14.3 Å². The molecule has 0 aliphatic rings. The van der Waals surface area contributed by atoms with Gasteiger partial charge in [0.1, 0.15) is 5.75 Å². The fourth-order valence-corrected chi connectivity index (χ4v) is 4.27. The highest BCUT2D eigenvalue weighted by Gasteiger charge is 2.20. The van der Waals surface area contributed by atoms with E-state index in [-0.39, 0.29) is 17.6 Å². The van der Waals surface area contributed by atoms with Crippen LogP contribution in [0.2, 0.25) is 0 Å². The molecule has 3 rings (SSSR count). The summed E-state index contributed by atoms with van der Waals surface area (Å²) in [7, 11) is 1.57. The summed E-state index contributed by atoms with van der Waals surface area (Å²) in [5, 5.41) is 17.2. The third kappa shape index (κ3) is 5.95. The first-order valence-electron chi connectivity index (χ1n) is 9.75. The molecule has 0 unspecified atom stereocenters. The topological polar surface area (TPSA) is 111 Å². The Morgan fingerprint density at radius 1 is 1.31 bits per heavy atom. The molecular formula is C21H24N6O3S2. The van der Waals surface area contributed by atoms with Crippen LogP contribution in [0.4, 0.5) is 5.13 Å². The Morgan fingerprint density at radius 2 is 2.06 bits per heavy atom. The van der Waals surface area contributed by atoms with Gasteiger partial charge >= 0.3 is 0 Å². The minimum Gasteiger partial charge on any atom is -0.497 e. The maximum absolute atomic E-state index is 12.6. The van der Waals surface area contributed by atoms with E-state index in [2.05, 4.69) is 32.4 Å². The molecule has 11 heteroatoms. The third-order valence-electron chi connectivity index (χ3n) is 4.34. The fraction of sp³-hybridized carbons (Fsp3) is 0.286. The molecule has 0 saturated carbocycles. The molecule has 0 aliphatic carbocycles.